The van der Waals surface area contributed by atoms with Gasteiger partial charge >= 0.3 is 0 Å². The van der Waals surface area contributed by atoms with Crippen LogP contribution in [0.25, 0.3) is 0 Å². The van der Waals surface area contributed by atoms with E-state index in [0.717, 1.165) is 49.4 Å². The monoisotopic (exact) mass is 299 g/mol. The average Bonchev–Trinajstić information content (AvgIpc) is 2.38. The molecule has 1 aromatic heterocycles. The molecule has 5 heteroatoms. The molecule has 17 heavy (non-hydrogen) atoms. The van der Waals surface area contributed by atoms with Gasteiger partial charge in [0, 0.05) is 30.8 Å². The third kappa shape index (κ3) is 3.39. The van der Waals surface area contributed by atoms with E-state index in [1.54, 1.807) is 12.4 Å². The molecule has 0 atom stereocenters. The predicted octanol–water partition coefficient (Wildman–Crippen LogP) is 2.17. The van der Waals surface area contributed by atoms with Crippen molar-refractivity contribution in [3.05, 3.63) is 18.1 Å². The minimum Gasteiger partial charge on any atom is -0.377 e. The second-order valence-electron chi connectivity index (χ2n) is 4.21. The summed E-state index contributed by atoms with van der Waals surface area (Å²) in [4.78, 5) is 11.0. The van der Waals surface area contributed by atoms with E-state index in [1.165, 1.54) is 0 Å². The number of hydrogen-bond donors (Lipinski definition) is 0. The molecule has 2 rings (SSSR count). The Morgan fingerprint density at radius 2 is 2.06 bits per heavy atom. The molecule has 0 N–H and O–H groups in total. The number of anilines is 1. The van der Waals surface area contributed by atoms with Crippen molar-refractivity contribution in [2.75, 3.05) is 29.9 Å². The molecule has 0 bridgehead atoms. The zero-order valence-corrected chi connectivity index (χ0v) is 11.7. The Kier molecular flexibility index (Phi) is 4.74. The maximum Gasteiger partial charge on any atom is 0.150 e. The van der Waals surface area contributed by atoms with E-state index < -0.39 is 0 Å². The molecule has 94 valence electrons. The molecule has 1 saturated heterocycles. The lowest BCUT2D eigenvalue weighted by Crippen LogP contribution is -2.38. The first-order valence-electron chi connectivity index (χ1n) is 6.01. The van der Waals surface area contributed by atoms with Gasteiger partial charge in [-0.15, -0.1) is 0 Å². The minimum atomic E-state index is 0.403. The zero-order valence-electron chi connectivity index (χ0n) is 10.1. The Labute approximate surface area is 111 Å². The van der Waals surface area contributed by atoms with Crippen LogP contribution in [-0.2, 0) is 4.74 Å². The maximum atomic E-state index is 5.74. The summed E-state index contributed by atoms with van der Waals surface area (Å²) in [5.74, 6) is 1.02. The highest BCUT2D eigenvalue weighted by atomic mass is 79.9. The predicted molar refractivity (Wildman–Crippen MR) is 71.8 cm³/mol. The van der Waals surface area contributed by atoms with Crippen LogP contribution in [0.3, 0.4) is 0 Å². The molecule has 1 fully saturated rings. The Bertz CT molecular complexity index is 353. The molecule has 0 spiro atoms. The quantitative estimate of drug-likeness (QED) is 0.799. The van der Waals surface area contributed by atoms with Gasteiger partial charge in [-0.25, -0.2) is 4.98 Å². The molecule has 0 unspecified atom stereocenters. The Hall–Kier alpha value is -0.680. The van der Waals surface area contributed by atoms with E-state index in [1.807, 2.05) is 6.92 Å². The van der Waals surface area contributed by atoms with Crippen LogP contribution in [0.15, 0.2) is 12.4 Å². The van der Waals surface area contributed by atoms with E-state index in [-0.39, 0.29) is 0 Å². The number of ether oxygens (including phenoxy) is 1. The third-order valence-electron chi connectivity index (χ3n) is 3.03. The fourth-order valence-corrected chi connectivity index (χ4v) is 2.34. The lowest BCUT2D eigenvalue weighted by Gasteiger charge is -2.33. The van der Waals surface area contributed by atoms with E-state index in [0.29, 0.717) is 6.10 Å². The van der Waals surface area contributed by atoms with Crippen LogP contribution in [0.4, 0.5) is 5.82 Å². The topological polar surface area (TPSA) is 38.2 Å². The largest absolute Gasteiger partial charge is 0.377 e. The third-order valence-corrected chi connectivity index (χ3v) is 3.35. The highest BCUT2D eigenvalue weighted by Gasteiger charge is 2.21. The van der Waals surface area contributed by atoms with E-state index in [4.69, 9.17) is 4.74 Å². The van der Waals surface area contributed by atoms with Crippen LogP contribution in [0.5, 0.6) is 0 Å². The molecule has 2 heterocycles. The minimum absolute atomic E-state index is 0.403. The molecule has 0 aliphatic carbocycles. The summed E-state index contributed by atoms with van der Waals surface area (Å²) in [6.07, 6.45) is 6.05. The second-order valence-corrected chi connectivity index (χ2v) is 5.00. The van der Waals surface area contributed by atoms with E-state index >= 15 is 0 Å². The van der Waals surface area contributed by atoms with Crippen molar-refractivity contribution in [3.8, 4) is 0 Å². The fourth-order valence-electron chi connectivity index (χ4n) is 2.16. The van der Waals surface area contributed by atoms with Crippen molar-refractivity contribution >= 4 is 21.7 Å². The van der Waals surface area contributed by atoms with Crippen molar-refractivity contribution in [1.29, 1.82) is 0 Å². The lowest BCUT2D eigenvalue weighted by molar-refractivity contribution is 0.0480. The van der Waals surface area contributed by atoms with Crippen molar-refractivity contribution < 1.29 is 4.74 Å². The summed E-state index contributed by atoms with van der Waals surface area (Å²) in [7, 11) is 0. The molecule has 1 aromatic rings. The first-order valence-corrected chi connectivity index (χ1v) is 7.13. The molecule has 0 saturated carbocycles. The fraction of sp³-hybridized carbons (Fsp3) is 0.667. The van der Waals surface area contributed by atoms with Gasteiger partial charge in [0.05, 0.1) is 18.4 Å². The average molecular weight is 300 g/mol. The number of aryl methyl sites for hydroxylation is 1. The van der Waals surface area contributed by atoms with Crippen molar-refractivity contribution in [2.45, 2.75) is 25.9 Å². The number of piperidine rings is 1. The lowest BCUT2D eigenvalue weighted by atomic mass is 10.1. The van der Waals surface area contributed by atoms with Crippen molar-refractivity contribution in [1.82, 2.24) is 9.97 Å². The highest BCUT2D eigenvalue weighted by Crippen LogP contribution is 2.21. The van der Waals surface area contributed by atoms with Crippen LogP contribution < -0.4 is 4.90 Å². The van der Waals surface area contributed by atoms with Gasteiger partial charge < -0.3 is 9.64 Å². The van der Waals surface area contributed by atoms with Gasteiger partial charge in [-0.2, -0.15) is 0 Å². The van der Waals surface area contributed by atoms with E-state index in [9.17, 15) is 0 Å². The number of halogens is 1. The van der Waals surface area contributed by atoms with Gasteiger partial charge in [-0.1, -0.05) is 15.9 Å². The van der Waals surface area contributed by atoms with Crippen LogP contribution in [0.2, 0.25) is 0 Å². The Balaban J connectivity index is 1.89. The SMILES string of the molecule is Cc1nccnc1N1CCC(OCCBr)CC1. The summed E-state index contributed by atoms with van der Waals surface area (Å²) in [6, 6.07) is 0. The maximum absolute atomic E-state index is 5.74. The van der Waals surface area contributed by atoms with Gasteiger partial charge in [-0.3, -0.25) is 4.98 Å². The number of alkyl halides is 1. The number of rotatable bonds is 4. The van der Waals surface area contributed by atoms with Crippen LogP contribution in [0.1, 0.15) is 18.5 Å². The molecule has 0 amide bonds. The van der Waals surface area contributed by atoms with Crippen molar-refractivity contribution in [2.24, 2.45) is 0 Å². The first-order chi connectivity index (χ1) is 8.31. The Morgan fingerprint density at radius 3 is 2.71 bits per heavy atom. The highest BCUT2D eigenvalue weighted by molar-refractivity contribution is 9.09. The molecule has 4 nitrogen and oxygen atoms in total. The van der Waals surface area contributed by atoms with Crippen LogP contribution in [0, 0.1) is 6.92 Å². The molecular formula is C12H18BrN3O. The summed E-state index contributed by atoms with van der Waals surface area (Å²) >= 11 is 3.38. The van der Waals surface area contributed by atoms with Crippen molar-refractivity contribution in [3.63, 3.8) is 0 Å². The number of aromatic nitrogens is 2. The number of hydrogen-bond acceptors (Lipinski definition) is 4. The van der Waals surface area contributed by atoms with Gasteiger partial charge in [0.15, 0.2) is 0 Å². The van der Waals surface area contributed by atoms with Crippen LogP contribution >= 0.6 is 15.9 Å². The van der Waals surface area contributed by atoms with Crippen LogP contribution in [-0.4, -0.2) is 41.1 Å². The second kappa shape index (κ2) is 6.31. The van der Waals surface area contributed by atoms with Gasteiger partial charge in [0.25, 0.3) is 0 Å². The summed E-state index contributed by atoms with van der Waals surface area (Å²) < 4.78 is 5.74. The smallest absolute Gasteiger partial charge is 0.150 e. The van der Waals surface area contributed by atoms with Gasteiger partial charge in [-0.05, 0) is 19.8 Å². The molecule has 0 aromatic carbocycles. The van der Waals surface area contributed by atoms with Gasteiger partial charge in [0.1, 0.15) is 5.82 Å². The Morgan fingerprint density at radius 1 is 1.35 bits per heavy atom. The standard InChI is InChI=1S/C12H18BrN3O/c1-10-12(15-6-5-14-10)16-7-2-11(3-8-16)17-9-4-13/h5-6,11H,2-4,7-9H2,1H3. The summed E-state index contributed by atoms with van der Waals surface area (Å²) in [5.41, 5.74) is 1.01. The first kappa shape index (κ1) is 12.8. The molecular weight excluding hydrogens is 282 g/mol. The number of nitrogens with zero attached hydrogens (tertiary/aromatic N) is 3. The molecule has 1 aliphatic rings. The summed E-state index contributed by atoms with van der Waals surface area (Å²) in [6.45, 7) is 4.82. The molecule has 0 radical (unpaired) electrons. The molecule has 1 aliphatic heterocycles. The van der Waals surface area contributed by atoms with Gasteiger partial charge in [0.2, 0.25) is 0 Å². The van der Waals surface area contributed by atoms with E-state index in [2.05, 4.69) is 30.8 Å². The normalized spacial score (nSPS) is 17.4. The summed E-state index contributed by atoms with van der Waals surface area (Å²) in [5, 5.41) is 0.913. The zero-order chi connectivity index (χ0) is 12.1.